The van der Waals surface area contributed by atoms with Crippen LogP contribution >= 0.6 is 0 Å². The lowest BCUT2D eigenvalue weighted by atomic mass is 10.1. The van der Waals surface area contributed by atoms with E-state index < -0.39 is 0 Å². The van der Waals surface area contributed by atoms with Gasteiger partial charge in [-0.25, -0.2) is 0 Å². The van der Waals surface area contributed by atoms with Gasteiger partial charge in [-0.15, -0.1) is 0 Å². The fourth-order valence-electron chi connectivity index (χ4n) is 2.00. The van der Waals surface area contributed by atoms with Crippen molar-refractivity contribution in [2.45, 2.75) is 12.5 Å². The van der Waals surface area contributed by atoms with E-state index in [1.807, 2.05) is 30.3 Å². The number of carbonyl (C=O) groups is 1. The number of amides is 1. The maximum atomic E-state index is 11.9. The second-order valence-corrected chi connectivity index (χ2v) is 4.93. The van der Waals surface area contributed by atoms with Crippen molar-refractivity contribution in [3.63, 3.8) is 0 Å². The first-order valence-electron chi connectivity index (χ1n) is 6.83. The molecule has 0 saturated heterocycles. The molecule has 0 fully saturated rings. The average molecular weight is 285 g/mol. The van der Waals surface area contributed by atoms with E-state index in [0.717, 1.165) is 5.56 Å². The van der Waals surface area contributed by atoms with Crippen LogP contribution in [0, 0.1) is 0 Å². The molecule has 3 N–H and O–H groups in total. The number of nitrogens with two attached hydrogens (primary N) is 1. The van der Waals surface area contributed by atoms with Crippen molar-refractivity contribution in [1.82, 2.24) is 9.88 Å². The number of nitrogens with one attached hydrogen (secondary N) is 1. The van der Waals surface area contributed by atoms with Crippen LogP contribution in [-0.4, -0.2) is 17.0 Å². The van der Waals surface area contributed by atoms with E-state index in [9.17, 15) is 9.59 Å². The molecule has 1 heterocycles. The summed E-state index contributed by atoms with van der Waals surface area (Å²) in [6, 6.07) is 12.6. The summed E-state index contributed by atoms with van der Waals surface area (Å²) in [5, 5.41) is 2.78. The van der Waals surface area contributed by atoms with Crippen molar-refractivity contribution in [2.24, 2.45) is 12.8 Å². The first kappa shape index (κ1) is 15.0. The number of aromatic nitrogens is 1. The molecule has 5 nitrogen and oxygen atoms in total. The maximum Gasteiger partial charge on any atom is 0.251 e. The third-order valence-electron chi connectivity index (χ3n) is 3.34. The molecule has 2 aromatic rings. The molecule has 1 amide bonds. The van der Waals surface area contributed by atoms with Gasteiger partial charge in [-0.3, -0.25) is 9.59 Å². The molecule has 0 aliphatic rings. The predicted octanol–water partition coefficient (Wildman–Crippen LogP) is 1.21. The van der Waals surface area contributed by atoms with Gasteiger partial charge in [0.25, 0.3) is 11.5 Å². The van der Waals surface area contributed by atoms with Crippen LogP contribution in [0.25, 0.3) is 0 Å². The third kappa shape index (κ3) is 4.03. The number of hydrogen-bond acceptors (Lipinski definition) is 3. The van der Waals surface area contributed by atoms with Crippen LogP contribution in [0.3, 0.4) is 0 Å². The maximum absolute atomic E-state index is 11.9. The van der Waals surface area contributed by atoms with E-state index >= 15 is 0 Å². The molecule has 1 aromatic carbocycles. The topological polar surface area (TPSA) is 77.1 Å². The Morgan fingerprint density at radius 2 is 2.00 bits per heavy atom. The first-order chi connectivity index (χ1) is 10.1. The Kier molecular flexibility index (Phi) is 4.90. The Labute approximate surface area is 123 Å². The van der Waals surface area contributed by atoms with Crippen molar-refractivity contribution >= 4 is 5.91 Å². The van der Waals surface area contributed by atoms with Gasteiger partial charge < -0.3 is 15.6 Å². The molecule has 2 rings (SSSR count). The van der Waals surface area contributed by atoms with Gasteiger partial charge >= 0.3 is 0 Å². The van der Waals surface area contributed by atoms with E-state index in [1.54, 1.807) is 19.3 Å². The van der Waals surface area contributed by atoms with Crippen LogP contribution < -0.4 is 16.6 Å². The summed E-state index contributed by atoms with van der Waals surface area (Å²) in [6.07, 6.45) is 2.22. The molecule has 0 spiro atoms. The van der Waals surface area contributed by atoms with E-state index in [2.05, 4.69) is 5.32 Å². The van der Waals surface area contributed by atoms with Crippen LogP contribution in [0.5, 0.6) is 0 Å². The van der Waals surface area contributed by atoms with Gasteiger partial charge in [-0.1, -0.05) is 30.3 Å². The highest BCUT2D eigenvalue weighted by atomic mass is 16.2. The molecule has 0 aliphatic carbocycles. The second-order valence-electron chi connectivity index (χ2n) is 4.93. The van der Waals surface area contributed by atoms with Crippen molar-refractivity contribution in [1.29, 1.82) is 0 Å². The normalized spacial score (nSPS) is 11.9. The Morgan fingerprint density at radius 3 is 2.67 bits per heavy atom. The number of carbonyl (C=O) groups excluding carboxylic acids is 1. The quantitative estimate of drug-likeness (QED) is 0.866. The van der Waals surface area contributed by atoms with Crippen molar-refractivity contribution < 1.29 is 4.79 Å². The minimum atomic E-state index is -0.257. The number of hydrogen-bond donors (Lipinski definition) is 2. The van der Waals surface area contributed by atoms with Crippen LogP contribution in [0.4, 0.5) is 0 Å². The summed E-state index contributed by atoms with van der Waals surface area (Å²) in [7, 11) is 1.64. The zero-order valence-electron chi connectivity index (χ0n) is 12.0. The fraction of sp³-hybridized carbons (Fsp3) is 0.250. The number of nitrogens with zero attached hydrogens (tertiary/aromatic N) is 1. The molecule has 0 radical (unpaired) electrons. The second kappa shape index (κ2) is 6.85. The highest BCUT2D eigenvalue weighted by Gasteiger charge is 2.08. The predicted molar refractivity (Wildman–Crippen MR) is 82.0 cm³/mol. The molecule has 1 unspecified atom stereocenters. The van der Waals surface area contributed by atoms with Crippen LogP contribution in [-0.2, 0) is 7.05 Å². The van der Waals surface area contributed by atoms with Gasteiger partial charge in [0.05, 0.1) is 0 Å². The summed E-state index contributed by atoms with van der Waals surface area (Å²) in [5.41, 5.74) is 7.26. The van der Waals surface area contributed by atoms with Crippen molar-refractivity contribution in [2.75, 3.05) is 6.54 Å². The summed E-state index contributed by atoms with van der Waals surface area (Å²) in [6.45, 7) is 0.462. The molecule has 0 saturated carbocycles. The van der Waals surface area contributed by atoms with Crippen LogP contribution in [0.15, 0.2) is 53.5 Å². The van der Waals surface area contributed by atoms with E-state index in [1.165, 1.54) is 10.6 Å². The molecule has 1 atom stereocenters. The summed E-state index contributed by atoms with van der Waals surface area (Å²) in [5.74, 6) is -0.257. The number of pyridine rings is 1. The van der Waals surface area contributed by atoms with Crippen molar-refractivity contribution in [3.8, 4) is 0 Å². The number of aryl methyl sites for hydroxylation is 1. The average Bonchev–Trinajstić information content (AvgIpc) is 2.50. The summed E-state index contributed by atoms with van der Waals surface area (Å²) >= 11 is 0. The lowest BCUT2D eigenvalue weighted by molar-refractivity contribution is 0.0952. The van der Waals surface area contributed by atoms with Crippen molar-refractivity contribution in [3.05, 3.63) is 70.1 Å². The van der Waals surface area contributed by atoms with E-state index in [0.29, 0.717) is 18.5 Å². The summed E-state index contributed by atoms with van der Waals surface area (Å²) in [4.78, 5) is 23.4. The molecular weight excluding hydrogens is 266 g/mol. The fourth-order valence-corrected chi connectivity index (χ4v) is 2.00. The first-order valence-corrected chi connectivity index (χ1v) is 6.83. The minimum Gasteiger partial charge on any atom is -0.352 e. The van der Waals surface area contributed by atoms with E-state index in [-0.39, 0.29) is 17.5 Å². The Morgan fingerprint density at radius 1 is 1.29 bits per heavy atom. The van der Waals surface area contributed by atoms with Crippen LogP contribution in [0.2, 0.25) is 0 Å². The van der Waals surface area contributed by atoms with Gasteiger partial charge in [0, 0.05) is 37.5 Å². The largest absolute Gasteiger partial charge is 0.352 e. The van der Waals surface area contributed by atoms with Gasteiger partial charge in [-0.05, 0) is 18.1 Å². The minimum absolute atomic E-state index is 0.116. The lowest BCUT2D eigenvalue weighted by Gasteiger charge is -2.12. The molecule has 21 heavy (non-hydrogen) atoms. The lowest BCUT2D eigenvalue weighted by Crippen LogP contribution is -2.28. The molecule has 110 valence electrons. The third-order valence-corrected chi connectivity index (χ3v) is 3.34. The smallest absolute Gasteiger partial charge is 0.251 e. The monoisotopic (exact) mass is 285 g/mol. The van der Waals surface area contributed by atoms with Gasteiger partial charge in [0.1, 0.15) is 0 Å². The Hall–Kier alpha value is -2.40. The number of benzene rings is 1. The Balaban J connectivity index is 1.87. The zero-order chi connectivity index (χ0) is 15.2. The number of rotatable bonds is 5. The zero-order valence-corrected chi connectivity index (χ0v) is 12.0. The highest BCUT2D eigenvalue weighted by molar-refractivity contribution is 5.93. The molecule has 0 aliphatic heterocycles. The van der Waals surface area contributed by atoms with Gasteiger partial charge in [0.15, 0.2) is 0 Å². The van der Waals surface area contributed by atoms with Gasteiger partial charge in [-0.2, -0.15) is 0 Å². The molecule has 1 aromatic heterocycles. The van der Waals surface area contributed by atoms with Gasteiger partial charge in [0.2, 0.25) is 0 Å². The van der Waals surface area contributed by atoms with E-state index in [4.69, 9.17) is 5.73 Å². The molecule has 5 heteroatoms. The SMILES string of the molecule is Cn1ccc(C(=O)NCCC(N)c2ccccc2)cc1=O. The summed E-state index contributed by atoms with van der Waals surface area (Å²) < 4.78 is 1.42. The highest BCUT2D eigenvalue weighted by Crippen LogP contribution is 2.12. The molecule has 0 bridgehead atoms. The Bertz CT molecular complexity index is 665. The standard InChI is InChI=1S/C16H19N3O2/c1-19-10-8-13(11-15(19)20)16(21)18-9-7-14(17)12-5-3-2-4-6-12/h2-6,8,10-11,14H,7,9,17H2,1H3,(H,18,21). The molecular formula is C16H19N3O2. The van der Waals surface area contributed by atoms with Crippen LogP contribution in [0.1, 0.15) is 28.4 Å².